The number of rotatable bonds is 4. The summed E-state index contributed by atoms with van der Waals surface area (Å²) in [6.45, 7) is 5.25. The number of piperidine rings is 1. The van der Waals surface area contributed by atoms with Crippen molar-refractivity contribution >= 4 is 15.7 Å². The largest absolute Gasteiger partial charge is 0.395 e. The molecule has 0 radical (unpaired) electrons. The van der Waals surface area contributed by atoms with E-state index in [2.05, 4.69) is 13.8 Å². The molecule has 0 spiro atoms. The average molecular weight is 314 g/mol. The Bertz CT molecular complexity index is 602. The van der Waals surface area contributed by atoms with Crippen molar-refractivity contribution in [2.75, 3.05) is 18.8 Å². The van der Waals surface area contributed by atoms with Crippen molar-refractivity contribution in [1.82, 2.24) is 4.31 Å². The van der Waals surface area contributed by atoms with Crippen LogP contribution in [0, 0.1) is 11.2 Å². The van der Waals surface area contributed by atoms with Crippen LogP contribution in [0.3, 0.4) is 0 Å². The maximum absolute atomic E-state index is 13.5. The summed E-state index contributed by atoms with van der Waals surface area (Å²) in [5.41, 5.74) is 5.54. The van der Waals surface area contributed by atoms with Gasteiger partial charge in [0, 0.05) is 13.1 Å². The summed E-state index contributed by atoms with van der Waals surface area (Å²) in [4.78, 5) is -0.122. The third-order valence-electron chi connectivity index (χ3n) is 4.91. The first-order valence-corrected chi connectivity index (χ1v) is 8.84. The van der Waals surface area contributed by atoms with Crippen LogP contribution in [-0.4, -0.2) is 25.8 Å². The number of benzene rings is 1. The zero-order chi connectivity index (χ0) is 15.7. The van der Waals surface area contributed by atoms with Gasteiger partial charge in [-0.3, -0.25) is 0 Å². The minimum Gasteiger partial charge on any atom is -0.395 e. The molecular weight excluding hydrogens is 291 g/mol. The van der Waals surface area contributed by atoms with Crippen LogP contribution in [0.1, 0.15) is 39.5 Å². The smallest absolute Gasteiger partial charge is 0.245 e. The Morgan fingerprint density at radius 3 is 2.33 bits per heavy atom. The number of nitrogens with two attached hydrogens (primary N) is 1. The minimum absolute atomic E-state index is 0.122. The number of nitrogens with zero attached hydrogens (tertiary/aromatic N) is 1. The van der Waals surface area contributed by atoms with Gasteiger partial charge < -0.3 is 5.73 Å². The zero-order valence-electron chi connectivity index (χ0n) is 12.6. The van der Waals surface area contributed by atoms with E-state index in [9.17, 15) is 12.8 Å². The maximum atomic E-state index is 13.5. The van der Waals surface area contributed by atoms with Gasteiger partial charge in [0.2, 0.25) is 10.0 Å². The number of sulfonamides is 1. The van der Waals surface area contributed by atoms with Gasteiger partial charge in [0.05, 0.1) is 5.69 Å². The Kier molecular flexibility index (Phi) is 4.58. The summed E-state index contributed by atoms with van der Waals surface area (Å²) in [7, 11) is -3.71. The van der Waals surface area contributed by atoms with E-state index in [1.165, 1.54) is 22.5 Å². The van der Waals surface area contributed by atoms with Crippen molar-refractivity contribution in [3.63, 3.8) is 0 Å². The Hall–Kier alpha value is -1.14. The highest BCUT2D eigenvalue weighted by Crippen LogP contribution is 2.39. The molecule has 21 heavy (non-hydrogen) atoms. The van der Waals surface area contributed by atoms with Crippen molar-refractivity contribution in [1.29, 1.82) is 0 Å². The van der Waals surface area contributed by atoms with Gasteiger partial charge >= 0.3 is 0 Å². The maximum Gasteiger partial charge on any atom is 0.245 e. The molecule has 0 aliphatic carbocycles. The van der Waals surface area contributed by atoms with Gasteiger partial charge in [-0.25, -0.2) is 12.8 Å². The molecule has 1 aromatic carbocycles. The van der Waals surface area contributed by atoms with Gasteiger partial charge in [0.1, 0.15) is 10.7 Å². The Morgan fingerprint density at radius 1 is 1.24 bits per heavy atom. The van der Waals surface area contributed by atoms with E-state index in [0.29, 0.717) is 13.1 Å². The van der Waals surface area contributed by atoms with E-state index in [-0.39, 0.29) is 16.0 Å². The van der Waals surface area contributed by atoms with E-state index >= 15 is 0 Å². The van der Waals surface area contributed by atoms with Crippen molar-refractivity contribution in [3.05, 3.63) is 24.0 Å². The SMILES string of the molecule is CCC1(CC)CCN(S(=O)(=O)c2cccc(F)c2N)CC1. The van der Waals surface area contributed by atoms with Crippen molar-refractivity contribution < 1.29 is 12.8 Å². The molecule has 1 heterocycles. The van der Waals surface area contributed by atoms with E-state index in [0.717, 1.165) is 25.7 Å². The molecule has 4 nitrogen and oxygen atoms in total. The normalized spacial score (nSPS) is 19.6. The van der Waals surface area contributed by atoms with Crippen LogP contribution >= 0.6 is 0 Å². The second kappa shape index (κ2) is 5.93. The van der Waals surface area contributed by atoms with Gasteiger partial charge in [-0.15, -0.1) is 0 Å². The minimum atomic E-state index is -3.71. The summed E-state index contributed by atoms with van der Waals surface area (Å²) in [5, 5.41) is 0. The fourth-order valence-corrected chi connectivity index (χ4v) is 4.61. The van der Waals surface area contributed by atoms with Crippen molar-refractivity contribution in [2.45, 2.75) is 44.4 Å². The van der Waals surface area contributed by atoms with Gasteiger partial charge in [-0.05, 0) is 30.4 Å². The molecule has 1 saturated heterocycles. The summed E-state index contributed by atoms with van der Waals surface area (Å²) in [6.07, 6.45) is 3.79. The fourth-order valence-electron chi connectivity index (χ4n) is 3.04. The Labute approximate surface area is 126 Å². The number of hydrogen-bond donors (Lipinski definition) is 1. The van der Waals surface area contributed by atoms with Gasteiger partial charge in [-0.2, -0.15) is 4.31 Å². The van der Waals surface area contributed by atoms with Crippen LogP contribution in [0.25, 0.3) is 0 Å². The molecule has 0 unspecified atom stereocenters. The number of anilines is 1. The third-order valence-corrected chi connectivity index (χ3v) is 6.87. The molecule has 2 N–H and O–H groups in total. The van der Waals surface area contributed by atoms with E-state index in [1.807, 2.05) is 0 Å². The van der Waals surface area contributed by atoms with E-state index in [1.54, 1.807) is 0 Å². The lowest BCUT2D eigenvalue weighted by Crippen LogP contribution is -2.42. The molecule has 0 atom stereocenters. The molecule has 0 aromatic heterocycles. The van der Waals surface area contributed by atoms with Gasteiger partial charge in [-0.1, -0.05) is 32.8 Å². The van der Waals surface area contributed by atoms with E-state index in [4.69, 9.17) is 5.73 Å². The van der Waals surface area contributed by atoms with Crippen LogP contribution in [0.4, 0.5) is 10.1 Å². The van der Waals surface area contributed by atoms with Crippen molar-refractivity contribution in [2.24, 2.45) is 5.41 Å². The first kappa shape index (κ1) is 16.2. The molecule has 0 bridgehead atoms. The Morgan fingerprint density at radius 2 is 1.81 bits per heavy atom. The molecule has 2 rings (SSSR count). The molecule has 0 saturated carbocycles. The zero-order valence-corrected chi connectivity index (χ0v) is 13.4. The number of halogens is 1. The summed E-state index contributed by atoms with van der Waals surface area (Å²) in [5.74, 6) is -0.690. The second-order valence-corrected chi connectivity index (χ2v) is 7.67. The van der Waals surface area contributed by atoms with Crippen LogP contribution in [0.2, 0.25) is 0 Å². The van der Waals surface area contributed by atoms with E-state index < -0.39 is 15.8 Å². The lowest BCUT2D eigenvalue weighted by atomic mass is 9.75. The van der Waals surface area contributed by atoms with Crippen molar-refractivity contribution in [3.8, 4) is 0 Å². The monoisotopic (exact) mass is 314 g/mol. The standard InChI is InChI=1S/C15H23FN2O2S/c1-3-15(4-2)8-10-18(11-9-15)21(19,20)13-7-5-6-12(16)14(13)17/h5-7H,3-4,8-11,17H2,1-2H3. The highest BCUT2D eigenvalue weighted by molar-refractivity contribution is 7.89. The highest BCUT2D eigenvalue weighted by Gasteiger charge is 2.37. The predicted molar refractivity (Wildman–Crippen MR) is 81.8 cm³/mol. The molecule has 1 aliphatic rings. The molecule has 1 aliphatic heterocycles. The average Bonchev–Trinajstić information content (AvgIpc) is 2.50. The first-order chi connectivity index (χ1) is 9.86. The molecule has 6 heteroatoms. The molecule has 0 amide bonds. The summed E-state index contributed by atoms with van der Waals surface area (Å²) in [6, 6.07) is 3.92. The number of hydrogen-bond acceptors (Lipinski definition) is 3. The van der Waals surface area contributed by atoms with Crippen LogP contribution in [-0.2, 0) is 10.0 Å². The molecule has 1 aromatic rings. The topological polar surface area (TPSA) is 63.4 Å². The van der Waals surface area contributed by atoms with Crippen LogP contribution in [0.5, 0.6) is 0 Å². The highest BCUT2D eigenvalue weighted by atomic mass is 32.2. The second-order valence-electron chi connectivity index (χ2n) is 5.76. The fraction of sp³-hybridized carbons (Fsp3) is 0.600. The first-order valence-electron chi connectivity index (χ1n) is 7.40. The summed E-state index contributed by atoms with van der Waals surface area (Å²) >= 11 is 0. The number of para-hydroxylation sites is 1. The lowest BCUT2D eigenvalue weighted by Gasteiger charge is -2.40. The number of nitrogen functional groups attached to an aromatic ring is 1. The lowest BCUT2D eigenvalue weighted by molar-refractivity contribution is 0.141. The summed E-state index contributed by atoms with van der Waals surface area (Å²) < 4.78 is 40.2. The molecule has 1 fully saturated rings. The molecule has 118 valence electrons. The van der Waals surface area contributed by atoms with Crippen LogP contribution in [0.15, 0.2) is 23.1 Å². The predicted octanol–water partition coefficient (Wildman–Crippen LogP) is 3.00. The van der Waals surface area contributed by atoms with Gasteiger partial charge in [0.25, 0.3) is 0 Å². The quantitative estimate of drug-likeness (QED) is 0.869. The third kappa shape index (κ3) is 2.92. The van der Waals surface area contributed by atoms with Crippen LogP contribution < -0.4 is 5.73 Å². The Balaban J connectivity index is 2.25. The van der Waals surface area contributed by atoms with Gasteiger partial charge in [0.15, 0.2) is 0 Å². The molecular formula is C15H23FN2O2S.